The van der Waals surface area contributed by atoms with E-state index in [1.54, 1.807) is 5.32 Å². The predicted octanol–water partition coefficient (Wildman–Crippen LogP) is -1.13. The maximum atomic E-state index is 12.2. The molecular formula is C6H7F3N2O3. The minimum atomic E-state index is -5.24. The lowest BCUT2D eigenvalue weighted by molar-refractivity contribution is -0.264. The van der Waals surface area contributed by atoms with Gasteiger partial charge in [-0.3, -0.25) is 9.59 Å². The highest BCUT2D eigenvalue weighted by Gasteiger charge is 2.63. The number of nitrogens with one attached hydrogen (secondary N) is 2. The second kappa shape index (κ2) is 2.84. The molecule has 1 heterocycles. The van der Waals surface area contributed by atoms with Gasteiger partial charge in [0.1, 0.15) is 6.04 Å². The molecule has 1 fully saturated rings. The highest BCUT2D eigenvalue weighted by atomic mass is 19.4. The molecule has 0 bridgehead atoms. The summed E-state index contributed by atoms with van der Waals surface area (Å²) in [5.41, 5.74) is -3.82. The number of halogens is 3. The maximum absolute atomic E-state index is 12.2. The molecule has 1 aliphatic heterocycles. The minimum absolute atomic E-state index is 1.09. The Bertz CT molecular complexity index is 291. The molecule has 0 aromatic heterocycles. The monoisotopic (exact) mass is 212 g/mol. The SMILES string of the molecule is C[C@H]1NC(=O)[C@@](O)(C(F)(F)F)NC1=O. The van der Waals surface area contributed by atoms with Gasteiger partial charge in [-0.2, -0.15) is 13.2 Å². The van der Waals surface area contributed by atoms with Crippen LogP contribution in [-0.2, 0) is 9.59 Å². The van der Waals surface area contributed by atoms with Gasteiger partial charge in [0.05, 0.1) is 0 Å². The van der Waals surface area contributed by atoms with Gasteiger partial charge in [0.15, 0.2) is 0 Å². The lowest BCUT2D eigenvalue weighted by atomic mass is 10.1. The first-order chi connectivity index (χ1) is 6.18. The Morgan fingerprint density at radius 3 is 2.36 bits per heavy atom. The number of carbonyl (C=O) groups excluding carboxylic acids is 2. The quantitative estimate of drug-likeness (QED) is 0.475. The smallest absolute Gasteiger partial charge is 0.356 e. The summed E-state index contributed by atoms with van der Waals surface area (Å²) < 4.78 is 36.5. The maximum Gasteiger partial charge on any atom is 0.446 e. The van der Waals surface area contributed by atoms with Crippen LogP contribution in [0.3, 0.4) is 0 Å². The van der Waals surface area contributed by atoms with Gasteiger partial charge in [0.25, 0.3) is 5.91 Å². The van der Waals surface area contributed by atoms with E-state index in [0.717, 1.165) is 0 Å². The van der Waals surface area contributed by atoms with E-state index in [2.05, 4.69) is 0 Å². The first kappa shape index (κ1) is 10.8. The van der Waals surface area contributed by atoms with E-state index in [9.17, 15) is 22.8 Å². The fourth-order valence-electron chi connectivity index (χ4n) is 0.910. The van der Waals surface area contributed by atoms with Crippen LogP contribution in [0.15, 0.2) is 0 Å². The lowest BCUT2D eigenvalue weighted by Crippen LogP contribution is -2.74. The first-order valence-electron chi connectivity index (χ1n) is 3.60. The zero-order chi connectivity index (χ0) is 11.1. The molecule has 0 aromatic carbocycles. The summed E-state index contributed by atoms with van der Waals surface area (Å²) in [6, 6.07) is -1.09. The van der Waals surface area contributed by atoms with Gasteiger partial charge in [-0.15, -0.1) is 0 Å². The summed E-state index contributed by atoms with van der Waals surface area (Å²) in [5.74, 6) is -2.78. The van der Waals surface area contributed by atoms with Crippen LogP contribution in [0.2, 0.25) is 0 Å². The van der Waals surface area contributed by atoms with E-state index in [0.29, 0.717) is 0 Å². The molecule has 0 aliphatic carbocycles. The summed E-state index contributed by atoms with van der Waals surface area (Å²) in [6.07, 6.45) is -5.24. The number of amides is 2. The molecule has 80 valence electrons. The molecule has 3 N–H and O–H groups in total. The van der Waals surface area contributed by atoms with Crippen LogP contribution < -0.4 is 10.6 Å². The van der Waals surface area contributed by atoms with E-state index in [-0.39, 0.29) is 0 Å². The molecule has 1 aliphatic rings. The predicted molar refractivity (Wildman–Crippen MR) is 36.8 cm³/mol. The van der Waals surface area contributed by atoms with Gasteiger partial charge in [-0.05, 0) is 6.92 Å². The zero-order valence-electron chi connectivity index (χ0n) is 6.97. The fourth-order valence-corrected chi connectivity index (χ4v) is 0.910. The zero-order valence-corrected chi connectivity index (χ0v) is 6.97. The molecule has 2 atom stereocenters. The third-order valence-electron chi connectivity index (χ3n) is 1.78. The Labute approximate surface area is 76.3 Å². The van der Waals surface area contributed by atoms with Gasteiger partial charge in [-0.1, -0.05) is 0 Å². The van der Waals surface area contributed by atoms with Crippen molar-refractivity contribution < 1.29 is 27.9 Å². The number of hydrogen-bond donors (Lipinski definition) is 3. The number of hydrogen-bond acceptors (Lipinski definition) is 3. The van der Waals surface area contributed by atoms with Crippen molar-refractivity contribution in [2.45, 2.75) is 24.9 Å². The van der Waals surface area contributed by atoms with Gasteiger partial charge < -0.3 is 15.7 Å². The third kappa shape index (κ3) is 1.41. The lowest BCUT2D eigenvalue weighted by Gasteiger charge is -2.35. The Kier molecular flexibility index (Phi) is 2.18. The highest BCUT2D eigenvalue weighted by molar-refractivity contribution is 5.98. The highest BCUT2D eigenvalue weighted by Crippen LogP contribution is 2.29. The molecule has 1 rings (SSSR count). The summed E-state index contributed by atoms with van der Waals surface area (Å²) in [4.78, 5) is 21.6. The van der Waals surface area contributed by atoms with Crippen molar-refractivity contribution in [2.75, 3.05) is 0 Å². The van der Waals surface area contributed by atoms with Crippen LogP contribution in [-0.4, -0.2) is 34.9 Å². The third-order valence-corrected chi connectivity index (χ3v) is 1.78. The molecule has 0 spiro atoms. The normalized spacial score (nSPS) is 33.6. The standard InChI is InChI=1S/C6H7F3N2O3/c1-2-3(12)11-5(14,4(13)10-2)6(7,8)9/h2,14H,1H3,(H,10,13)(H,11,12)/t2-,5-/m1/s1. The van der Waals surface area contributed by atoms with Crippen molar-refractivity contribution >= 4 is 11.8 Å². The van der Waals surface area contributed by atoms with Crippen LogP contribution in [0.25, 0.3) is 0 Å². The Hall–Kier alpha value is -1.31. The number of carbonyl (C=O) groups is 2. The van der Waals surface area contributed by atoms with E-state index in [4.69, 9.17) is 5.11 Å². The van der Waals surface area contributed by atoms with Crippen molar-refractivity contribution in [1.82, 2.24) is 10.6 Å². The van der Waals surface area contributed by atoms with Crippen LogP contribution >= 0.6 is 0 Å². The summed E-state index contributed by atoms with van der Waals surface area (Å²) >= 11 is 0. The average molecular weight is 212 g/mol. The van der Waals surface area contributed by atoms with E-state index in [1.165, 1.54) is 12.2 Å². The second-order valence-electron chi connectivity index (χ2n) is 2.89. The van der Waals surface area contributed by atoms with Crippen molar-refractivity contribution in [3.8, 4) is 0 Å². The summed E-state index contributed by atoms with van der Waals surface area (Å²) in [5, 5.41) is 11.8. The van der Waals surface area contributed by atoms with Crippen molar-refractivity contribution in [2.24, 2.45) is 0 Å². The van der Waals surface area contributed by atoms with Gasteiger partial charge in [-0.25, -0.2) is 0 Å². The van der Waals surface area contributed by atoms with Crippen LogP contribution in [0.4, 0.5) is 13.2 Å². The summed E-state index contributed by atoms with van der Waals surface area (Å²) in [7, 11) is 0. The number of aliphatic hydroxyl groups is 1. The van der Waals surface area contributed by atoms with Crippen LogP contribution in [0.1, 0.15) is 6.92 Å². The molecule has 14 heavy (non-hydrogen) atoms. The number of rotatable bonds is 0. The van der Waals surface area contributed by atoms with Crippen LogP contribution in [0.5, 0.6) is 0 Å². The molecule has 8 heteroatoms. The summed E-state index contributed by atoms with van der Waals surface area (Å²) in [6.45, 7) is 1.20. The Morgan fingerprint density at radius 2 is 1.93 bits per heavy atom. The molecule has 0 aromatic rings. The van der Waals surface area contributed by atoms with Crippen molar-refractivity contribution in [3.63, 3.8) is 0 Å². The molecule has 0 saturated carbocycles. The first-order valence-corrected chi connectivity index (χ1v) is 3.60. The van der Waals surface area contributed by atoms with Crippen molar-refractivity contribution in [1.29, 1.82) is 0 Å². The van der Waals surface area contributed by atoms with Gasteiger partial charge in [0.2, 0.25) is 5.91 Å². The molecule has 0 unspecified atom stereocenters. The molecule has 2 amide bonds. The van der Waals surface area contributed by atoms with E-state index in [1.807, 2.05) is 0 Å². The van der Waals surface area contributed by atoms with Gasteiger partial charge in [0, 0.05) is 0 Å². The number of piperazine rings is 1. The average Bonchev–Trinajstić information content (AvgIpc) is 1.99. The number of alkyl halides is 3. The molecular weight excluding hydrogens is 205 g/mol. The van der Waals surface area contributed by atoms with E-state index >= 15 is 0 Å². The fraction of sp³-hybridized carbons (Fsp3) is 0.667. The molecule has 0 radical (unpaired) electrons. The van der Waals surface area contributed by atoms with E-state index < -0.39 is 29.8 Å². The van der Waals surface area contributed by atoms with Crippen LogP contribution in [0, 0.1) is 0 Å². The van der Waals surface area contributed by atoms with Gasteiger partial charge >= 0.3 is 11.9 Å². The second-order valence-corrected chi connectivity index (χ2v) is 2.89. The topological polar surface area (TPSA) is 78.4 Å². The molecule has 1 saturated heterocycles. The Morgan fingerprint density at radius 1 is 1.43 bits per heavy atom. The molecule has 5 nitrogen and oxygen atoms in total. The largest absolute Gasteiger partial charge is 0.446 e. The van der Waals surface area contributed by atoms with Crippen molar-refractivity contribution in [3.05, 3.63) is 0 Å². The minimum Gasteiger partial charge on any atom is -0.356 e. The Balaban J connectivity index is 3.01.